The Hall–Kier alpha value is -2.21. The molecule has 0 bridgehead atoms. The summed E-state index contributed by atoms with van der Waals surface area (Å²) in [5.74, 6) is 0.0616. The van der Waals surface area contributed by atoms with E-state index >= 15 is 0 Å². The fraction of sp³-hybridized carbons (Fsp3) is 0.474. The molecule has 3 rings (SSSR count). The number of halogens is 1. The van der Waals surface area contributed by atoms with Gasteiger partial charge in [-0.3, -0.25) is 14.5 Å². The van der Waals surface area contributed by atoms with Gasteiger partial charge in [-0.25, -0.2) is 4.39 Å². The van der Waals surface area contributed by atoms with E-state index in [9.17, 15) is 14.0 Å². The maximum Gasteiger partial charge on any atom is 0.238 e. The Kier molecular flexibility index (Phi) is 5.81. The lowest BCUT2D eigenvalue weighted by Gasteiger charge is -2.34. The summed E-state index contributed by atoms with van der Waals surface area (Å²) in [6.07, 6.45) is 7.03. The molecule has 1 aromatic carbocycles. The minimum atomic E-state index is -0.373. The smallest absolute Gasteiger partial charge is 0.238 e. The van der Waals surface area contributed by atoms with Gasteiger partial charge in [0.05, 0.1) is 6.54 Å². The van der Waals surface area contributed by atoms with Crippen LogP contribution in [0.2, 0.25) is 0 Å². The number of carbonyl (C=O) groups excluding carboxylic acids is 2. The van der Waals surface area contributed by atoms with Crippen LogP contribution in [0.5, 0.6) is 0 Å². The maximum absolute atomic E-state index is 13.1. The van der Waals surface area contributed by atoms with Crippen molar-refractivity contribution in [2.75, 3.05) is 38.0 Å². The van der Waals surface area contributed by atoms with Crippen molar-refractivity contribution in [2.24, 2.45) is 5.92 Å². The first kappa shape index (κ1) is 17.6. The molecule has 1 atom stereocenters. The van der Waals surface area contributed by atoms with Crippen molar-refractivity contribution in [2.45, 2.75) is 19.3 Å². The van der Waals surface area contributed by atoms with Gasteiger partial charge in [0.1, 0.15) is 5.82 Å². The lowest BCUT2D eigenvalue weighted by molar-refractivity contribution is -0.133. The van der Waals surface area contributed by atoms with Gasteiger partial charge in [-0.15, -0.1) is 0 Å². The Bertz CT molecular complexity index is 654. The number of allylic oxidation sites excluding steroid dienone is 2. The zero-order valence-electron chi connectivity index (χ0n) is 14.3. The largest absolute Gasteiger partial charge is 0.340 e. The van der Waals surface area contributed by atoms with Gasteiger partial charge in [-0.1, -0.05) is 18.2 Å². The van der Waals surface area contributed by atoms with Crippen LogP contribution >= 0.6 is 0 Å². The summed E-state index contributed by atoms with van der Waals surface area (Å²) in [6, 6.07) is 5.86. The first-order valence-electron chi connectivity index (χ1n) is 8.82. The number of nitrogens with one attached hydrogen (secondary N) is 1. The van der Waals surface area contributed by atoms with Gasteiger partial charge in [0, 0.05) is 38.3 Å². The number of hydrogen-bond acceptors (Lipinski definition) is 3. The topological polar surface area (TPSA) is 52.7 Å². The van der Waals surface area contributed by atoms with Crippen LogP contribution in [0.25, 0.3) is 0 Å². The molecular formula is C19H24FN3O2. The Morgan fingerprint density at radius 1 is 1.20 bits per heavy atom. The molecule has 0 aromatic heterocycles. The van der Waals surface area contributed by atoms with E-state index in [1.807, 2.05) is 9.80 Å². The number of anilines is 1. The van der Waals surface area contributed by atoms with Crippen molar-refractivity contribution in [1.29, 1.82) is 0 Å². The molecule has 0 unspecified atom stereocenters. The van der Waals surface area contributed by atoms with Crippen molar-refractivity contribution in [3.63, 3.8) is 0 Å². The first-order valence-corrected chi connectivity index (χ1v) is 8.82. The van der Waals surface area contributed by atoms with E-state index in [1.54, 1.807) is 12.1 Å². The highest BCUT2D eigenvalue weighted by atomic mass is 19.1. The number of benzene rings is 1. The molecule has 0 radical (unpaired) electrons. The van der Waals surface area contributed by atoms with E-state index in [1.165, 1.54) is 12.1 Å². The zero-order valence-corrected chi connectivity index (χ0v) is 14.3. The molecule has 1 aromatic rings. The highest BCUT2D eigenvalue weighted by Crippen LogP contribution is 2.21. The molecule has 25 heavy (non-hydrogen) atoms. The minimum absolute atomic E-state index is 0.165. The molecule has 6 heteroatoms. The van der Waals surface area contributed by atoms with Gasteiger partial charge in [0.25, 0.3) is 0 Å². The molecule has 1 saturated heterocycles. The van der Waals surface area contributed by atoms with E-state index in [2.05, 4.69) is 17.5 Å². The van der Waals surface area contributed by atoms with Crippen LogP contribution in [-0.4, -0.2) is 54.3 Å². The molecule has 2 aliphatic rings. The molecule has 2 amide bonds. The number of carbonyl (C=O) groups is 2. The molecule has 1 aliphatic carbocycles. The predicted octanol–water partition coefficient (Wildman–Crippen LogP) is 2.26. The Morgan fingerprint density at radius 3 is 2.68 bits per heavy atom. The van der Waals surface area contributed by atoms with E-state index < -0.39 is 0 Å². The summed E-state index contributed by atoms with van der Waals surface area (Å²) >= 11 is 0. The summed E-state index contributed by atoms with van der Waals surface area (Å²) in [5.41, 5.74) is 0.462. The van der Waals surface area contributed by atoms with Crippen molar-refractivity contribution in [1.82, 2.24) is 9.80 Å². The summed E-state index contributed by atoms with van der Waals surface area (Å²) in [7, 11) is 0. The third-order valence-electron chi connectivity index (χ3n) is 4.75. The molecule has 1 fully saturated rings. The minimum Gasteiger partial charge on any atom is -0.340 e. The molecule has 5 nitrogen and oxygen atoms in total. The summed E-state index contributed by atoms with van der Waals surface area (Å²) < 4.78 is 13.1. The van der Waals surface area contributed by atoms with Gasteiger partial charge in [-0.2, -0.15) is 0 Å². The average molecular weight is 345 g/mol. The number of hydrogen-bond donors (Lipinski definition) is 1. The second kappa shape index (κ2) is 8.25. The maximum atomic E-state index is 13.1. The second-order valence-corrected chi connectivity index (χ2v) is 6.69. The molecule has 1 N–H and O–H groups in total. The van der Waals surface area contributed by atoms with Gasteiger partial charge in [0.2, 0.25) is 11.8 Å². The monoisotopic (exact) mass is 345 g/mol. The number of nitrogens with zero attached hydrogens (tertiary/aromatic N) is 2. The highest BCUT2D eigenvalue weighted by molar-refractivity contribution is 5.92. The molecule has 0 spiro atoms. The highest BCUT2D eigenvalue weighted by Gasteiger charge is 2.24. The molecule has 134 valence electrons. The summed E-state index contributed by atoms with van der Waals surface area (Å²) in [6.45, 7) is 2.93. The normalized spacial score (nSPS) is 20.7. The van der Waals surface area contributed by atoms with Crippen LogP contribution in [0.1, 0.15) is 19.3 Å². The zero-order chi connectivity index (χ0) is 17.6. The average Bonchev–Trinajstić information content (AvgIpc) is 3.08. The fourth-order valence-corrected chi connectivity index (χ4v) is 3.34. The molecule has 1 aliphatic heterocycles. The lowest BCUT2D eigenvalue weighted by atomic mass is 10.0. The van der Waals surface area contributed by atoms with Crippen LogP contribution in [0.15, 0.2) is 36.4 Å². The third-order valence-corrected chi connectivity index (χ3v) is 4.75. The number of piperazine rings is 1. The Morgan fingerprint density at radius 2 is 2.00 bits per heavy atom. The van der Waals surface area contributed by atoms with Crippen LogP contribution in [0.3, 0.4) is 0 Å². The van der Waals surface area contributed by atoms with Crippen LogP contribution < -0.4 is 5.32 Å². The predicted molar refractivity (Wildman–Crippen MR) is 94.5 cm³/mol. The quantitative estimate of drug-likeness (QED) is 0.833. The van der Waals surface area contributed by atoms with Gasteiger partial charge < -0.3 is 10.2 Å². The Labute approximate surface area is 147 Å². The van der Waals surface area contributed by atoms with Crippen LogP contribution in [0.4, 0.5) is 10.1 Å². The molecule has 1 heterocycles. The van der Waals surface area contributed by atoms with E-state index in [0.717, 1.165) is 12.8 Å². The SMILES string of the molecule is O=C(CN1CCN(C(=O)C[C@@H]2C=CCC2)CC1)Nc1cccc(F)c1. The van der Waals surface area contributed by atoms with Gasteiger partial charge >= 0.3 is 0 Å². The number of rotatable bonds is 5. The summed E-state index contributed by atoms with van der Waals surface area (Å²) in [5, 5.41) is 2.70. The Balaban J connectivity index is 1.40. The third kappa shape index (κ3) is 5.13. The van der Waals surface area contributed by atoms with Crippen molar-refractivity contribution in [3.8, 4) is 0 Å². The lowest BCUT2D eigenvalue weighted by Crippen LogP contribution is -2.50. The second-order valence-electron chi connectivity index (χ2n) is 6.69. The molecule has 0 saturated carbocycles. The van der Waals surface area contributed by atoms with E-state index in [4.69, 9.17) is 0 Å². The van der Waals surface area contributed by atoms with Crippen LogP contribution in [0, 0.1) is 11.7 Å². The van der Waals surface area contributed by atoms with Crippen molar-refractivity contribution >= 4 is 17.5 Å². The standard InChI is InChI=1S/C19H24FN3O2/c20-16-6-3-7-17(13-16)21-18(24)14-22-8-10-23(11-9-22)19(25)12-15-4-1-2-5-15/h1,3-4,6-7,13,15H,2,5,8-12,14H2,(H,21,24)/t15-/m1/s1. The van der Waals surface area contributed by atoms with E-state index in [-0.39, 0.29) is 24.2 Å². The molecular weight excluding hydrogens is 321 g/mol. The summed E-state index contributed by atoms with van der Waals surface area (Å²) in [4.78, 5) is 28.3. The fourth-order valence-electron chi connectivity index (χ4n) is 3.34. The first-order chi connectivity index (χ1) is 12.1. The van der Waals surface area contributed by atoms with Gasteiger partial charge in [-0.05, 0) is 37.0 Å². The van der Waals surface area contributed by atoms with Crippen LogP contribution in [-0.2, 0) is 9.59 Å². The van der Waals surface area contributed by atoms with Gasteiger partial charge in [0.15, 0.2) is 0 Å². The van der Waals surface area contributed by atoms with Crippen molar-refractivity contribution in [3.05, 3.63) is 42.2 Å². The number of amides is 2. The van der Waals surface area contributed by atoms with E-state index in [0.29, 0.717) is 44.2 Å². The van der Waals surface area contributed by atoms with Crippen molar-refractivity contribution < 1.29 is 14.0 Å².